The molecule has 3 heterocycles. The number of rotatable bonds is 9. The van der Waals surface area contributed by atoms with Crippen LogP contribution in [0, 0.1) is 11.3 Å². The van der Waals surface area contributed by atoms with Crippen molar-refractivity contribution in [1.29, 1.82) is 0 Å². The summed E-state index contributed by atoms with van der Waals surface area (Å²) < 4.78 is 5.53. The Labute approximate surface area is 265 Å². The molecular formula is C35H44ClN5O3. The van der Waals surface area contributed by atoms with Crippen LogP contribution >= 0.6 is 11.6 Å². The third kappa shape index (κ3) is 9.45. The van der Waals surface area contributed by atoms with Crippen molar-refractivity contribution in [3.63, 3.8) is 0 Å². The van der Waals surface area contributed by atoms with Crippen LogP contribution in [-0.4, -0.2) is 49.7 Å². The average Bonchev–Trinajstić information content (AvgIpc) is 3.45. The topological polar surface area (TPSA) is 118 Å². The zero-order valence-electron chi connectivity index (χ0n) is 26.4. The summed E-state index contributed by atoms with van der Waals surface area (Å²) in [6.45, 7) is 12.5. The summed E-state index contributed by atoms with van der Waals surface area (Å²) in [6.07, 6.45) is 4.31. The third-order valence-corrected chi connectivity index (χ3v) is 7.84. The minimum Gasteiger partial charge on any atom is -0.481 e. The predicted molar refractivity (Wildman–Crippen MR) is 175 cm³/mol. The smallest absolute Gasteiger partial charge is 0.310 e. The van der Waals surface area contributed by atoms with Crippen molar-refractivity contribution in [2.24, 2.45) is 17.1 Å². The van der Waals surface area contributed by atoms with Crippen LogP contribution in [0.2, 0.25) is 5.02 Å². The minimum atomic E-state index is -0.760. The second kappa shape index (κ2) is 14.5. The number of aromatic nitrogens is 3. The maximum Gasteiger partial charge on any atom is 0.310 e. The van der Waals surface area contributed by atoms with Gasteiger partial charge in [-0.05, 0) is 94.4 Å². The molecule has 1 aliphatic heterocycles. The van der Waals surface area contributed by atoms with E-state index in [1.807, 2.05) is 69.3 Å². The number of carboxylic acid groups (broad SMARTS) is 1. The molecule has 5 rings (SSSR count). The Balaban J connectivity index is 0.000000818. The Hall–Kier alpha value is -3.59. The molecule has 2 aromatic heterocycles. The van der Waals surface area contributed by atoms with Gasteiger partial charge in [0, 0.05) is 46.5 Å². The number of nitrogens with two attached hydrogens (primary N) is 1. The van der Waals surface area contributed by atoms with E-state index in [2.05, 4.69) is 46.0 Å². The molecule has 0 bridgehead atoms. The fourth-order valence-corrected chi connectivity index (χ4v) is 5.47. The van der Waals surface area contributed by atoms with E-state index < -0.39 is 11.4 Å². The second-order valence-electron chi connectivity index (χ2n) is 13.2. The number of nitrogens with zero attached hydrogens (tertiary/aromatic N) is 4. The van der Waals surface area contributed by atoms with Crippen molar-refractivity contribution in [3.8, 4) is 22.8 Å². The molecule has 4 aromatic rings. The first-order valence-electron chi connectivity index (χ1n) is 15.2. The van der Waals surface area contributed by atoms with E-state index in [1.54, 1.807) is 6.20 Å². The Morgan fingerprint density at radius 2 is 1.73 bits per heavy atom. The highest BCUT2D eigenvalue weighted by Crippen LogP contribution is 2.36. The van der Waals surface area contributed by atoms with E-state index in [1.165, 1.54) is 0 Å². The molecule has 0 spiro atoms. The van der Waals surface area contributed by atoms with Crippen molar-refractivity contribution < 1.29 is 14.4 Å². The number of aliphatic carboxylic acids is 1. The fourth-order valence-electron chi connectivity index (χ4n) is 5.22. The van der Waals surface area contributed by atoms with Crippen LogP contribution in [0.1, 0.15) is 64.3 Å². The van der Waals surface area contributed by atoms with Crippen molar-refractivity contribution in [1.82, 2.24) is 20.0 Å². The zero-order chi connectivity index (χ0) is 31.9. The van der Waals surface area contributed by atoms with Gasteiger partial charge in [-0.25, -0.2) is 0 Å². The molecular weight excluding hydrogens is 574 g/mol. The highest BCUT2D eigenvalue weighted by Gasteiger charge is 2.41. The molecule has 1 saturated heterocycles. The number of likely N-dealkylation sites (tertiary alicyclic amines) is 1. The number of carbonyl (C=O) groups is 1. The first kappa shape index (κ1) is 33.3. The number of pyridine rings is 1. The van der Waals surface area contributed by atoms with Gasteiger partial charge >= 0.3 is 5.97 Å². The molecule has 9 heteroatoms. The van der Waals surface area contributed by atoms with Crippen LogP contribution in [-0.2, 0) is 24.2 Å². The molecule has 2 aromatic carbocycles. The second-order valence-corrected chi connectivity index (χ2v) is 13.7. The molecule has 0 radical (unpaired) electrons. The molecule has 234 valence electrons. The van der Waals surface area contributed by atoms with Crippen molar-refractivity contribution >= 4 is 17.6 Å². The van der Waals surface area contributed by atoms with Gasteiger partial charge in [-0.2, -0.15) is 4.98 Å². The third-order valence-electron chi connectivity index (χ3n) is 7.49. The number of hydrogen-bond donors (Lipinski definition) is 2. The fraction of sp³-hybridized carbons (Fsp3) is 0.429. The Morgan fingerprint density at radius 1 is 1.07 bits per heavy atom. The Kier molecular flexibility index (Phi) is 10.9. The lowest BCUT2D eigenvalue weighted by atomic mass is 9.74. The Morgan fingerprint density at radius 3 is 2.30 bits per heavy atom. The molecule has 0 atom stereocenters. The van der Waals surface area contributed by atoms with E-state index >= 15 is 0 Å². The highest BCUT2D eigenvalue weighted by molar-refractivity contribution is 6.31. The quantitative estimate of drug-likeness (QED) is 0.201. The summed E-state index contributed by atoms with van der Waals surface area (Å²) in [7, 11) is 0. The van der Waals surface area contributed by atoms with Gasteiger partial charge in [0.05, 0.1) is 5.41 Å². The van der Waals surface area contributed by atoms with Crippen molar-refractivity contribution in [2.75, 3.05) is 13.1 Å². The maximum absolute atomic E-state index is 12.2. The van der Waals surface area contributed by atoms with Crippen LogP contribution in [0.3, 0.4) is 0 Å². The van der Waals surface area contributed by atoms with Crippen LogP contribution in [0.5, 0.6) is 0 Å². The molecule has 1 fully saturated rings. The maximum atomic E-state index is 12.2. The normalized spacial score (nSPS) is 15.1. The monoisotopic (exact) mass is 617 g/mol. The van der Waals surface area contributed by atoms with E-state index in [0.29, 0.717) is 41.9 Å². The molecule has 3 N–H and O–H groups in total. The first-order valence-corrected chi connectivity index (χ1v) is 15.6. The van der Waals surface area contributed by atoms with Crippen LogP contribution in [0.15, 0.2) is 71.4 Å². The van der Waals surface area contributed by atoms with Gasteiger partial charge in [-0.15, -0.1) is 0 Å². The molecule has 1 aliphatic rings. The zero-order valence-corrected chi connectivity index (χ0v) is 27.1. The molecule has 44 heavy (non-hydrogen) atoms. The summed E-state index contributed by atoms with van der Waals surface area (Å²) >= 11 is 6.49. The van der Waals surface area contributed by atoms with Crippen molar-refractivity contribution in [3.05, 3.63) is 88.7 Å². The van der Waals surface area contributed by atoms with Gasteiger partial charge in [0.1, 0.15) is 0 Å². The number of hydrogen-bond acceptors (Lipinski definition) is 7. The van der Waals surface area contributed by atoms with E-state index in [9.17, 15) is 9.90 Å². The Bertz CT molecular complexity index is 1500. The van der Waals surface area contributed by atoms with Crippen LogP contribution < -0.4 is 5.73 Å². The van der Waals surface area contributed by atoms with Gasteiger partial charge in [0.15, 0.2) is 0 Å². The lowest BCUT2D eigenvalue weighted by Crippen LogP contribution is -2.45. The van der Waals surface area contributed by atoms with E-state index in [-0.39, 0.29) is 5.54 Å². The minimum absolute atomic E-state index is 0. The summed E-state index contributed by atoms with van der Waals surface area (Å²) in [4.78, 5) is 23.5. The standard InChI is InChI=1S/C31H33ClN4O3.C4H11N/c1-21(2)17-24-10-11-25(18-27(24)32)29-34-28(35-39-29)23-8-6-22(7-9-23)20-36-15-12-31(13-16-36,30(37)38)19-26-5-3-4-14-33-26;1-4(2,3)5/h3-11,14,18,21H,12-13,15-17,19-20H2,1-2H3,(H,37,38);5H2,1-3H3. The highest BCUT2D eigenvalue weighted by atomic mass is 35.5. The summed E-state index contributed by atoms with van der Waals surface area (Å²) in [5.74, 6) is 0.757. The largest absolute Gasteiger partial charge is 0.481 e. The molecule has 0 saturated carbocycles. The first-order chi connectivity index (χ1) is 20.8. The lowest BCUT2D eigenvalue weighted by molar-refractivity contribution is -0.152. The predicted octanol–water partition coefficient (Wildman–Crippen LogP) is 7.30. The number of benzene rings is 2. The summed E-state index contributed by atoms with van der Waals surface area (Å²) in [5, 5.41) is 14.9. The van der Waals surface area contributed by atoms with Crippen LogP contribution in [0.25, 0.3) is 22.8 Å². The molecule has 0 unspecified atom stereocenters. The number of halogens is 1. The average molecular weight is 618 g/mol. The van der Waals surface area contributed by atoms with E-state index in [4.69, 9.17) is 21.9 Å². The van der Waals surface area contributed by atoms with Gasteiger partial charge in [-0.3, -0.25) is 14.7 Å². The van der Waals surface area contributed by atoms with Crippen LogP contribution in [0.4, 0.5) is 0 Å². The SMILES string of the molecule is CC(C)(C)N.CC(C)Cc1ccc(-c2nc(-c3ccc(CN4CCC(Cc5ccccn5)(C(=O)O)CC4)cc3)no2)cc1Cl. The van der Waals surface area contributed by atoms with Gasteiger partial charge < -0.3 is 15.4 Å². The number of carboxylic acids is 1. The summed E-state index contributed by atoms with van der Waals surface area (Å²) in [6, 6.07) is 19.7. The van der Waals surface area contributed by atoms with Gasteiger partial charge in [0.2, 0.25) is 5.82 Å². The molecule has 8 nitrogen and oxygen atoms in total. The van der Waals surface area contributed by atoms with Gasteiger partial charge in [-0.1, -0.05) is 67.0 Å². The number of piperidine rings is 1. The molecule has 0 aliphatic carbocycles. The van der Waals surface area contributed by atoms with Crippen molar-refractivity contribution in [2.45, 2.75) is 72.4 Å². The van der Waals surface area contributed by atoms with Gasteiger partial charge in [0.25, 0.3) is 5.89 Å². The van der Waals surface area contributed by atoms with E-state index in [0.717, 1.165) is 54.0 Å². The lowest BCUT2D eigenvalue weighted by Gasteiger charge is -2.38. The summed E-state index contributed by atoms with van der Waals surface area (Å²) in [5.41, 5.74) is 9.36. The molecule has 0 amide bonds.